The number of rotatable bonds is 9. The molecular formula is C32H27Cl2N5O3. The first-order chi connectivity index (χ1) is 20.3. The Kier molecular flexibility index (Phi) is 8.85. The van der Waals surface area contributed by atoms with Crippen molar-refractivity contribution in [3.63, 3.8) is 0 Å². The van der Waals surface area contributed by atoms with Gasteiger partial charge in [0.1, 0.15) is 17.9 Å². The lowest BCUT2D eigenvalue weighted by molar-refractivity contribution is -0.116. The predicted octanol–water partition coefficient (Wildman–Crippen LogP) is 6.30. The monoisotopic (exact) mass is 599 g/mol. The van der Waals surface area contributed by atoms with E-state index in [0.29, 0.717) is 38.1 Å². The summed E-state index contributed by atoms with van der Waals surface area (Å²) in [5, 5.41) is 6.39. The van der Waals surface area contributed by atoms with Gasteiger partial charge in [-0.1, -0.05) is 41.4 Å². The van der Waals surface area contributed by atoms with Crippen LogP contribution in [0.4, 0.5) is 0 Å². The van der Waals surface area contributed by atoms with Crippen molar-refractivity contribution in [2.24, 2.45) is 0 Å². The van der Waals surface area contributed by atoms with Crippen LogP contribution < -0.4 is 15.4 Å². The van der Waals surface area contributed by atoms with Crippen molar-refractivity contribution in [3.05, 3.63) is 123 Å². The van der Waals surface area contributed by atoms with Crippen LogP contribution in [-0.4, -0.2) is 33.4 Å². The van der Waals surface area contributed by atoms with E-state index in [0.717, 1.165) is 22.5 Å². The highest BCUT2D eigenvalue weighted by molar-refractivity contribution is 6.37. The van der Waals surface area contributed by atoms with Gasteiger partial charge < -0.3 is 19.9 Å². The molecule has 0 saturated heterocycles. The molecule has 2 amide bonds. The number of fused-ring (bicyclic) bond motifs is 1. The third-order valence-electron chi connectivity index (χ3n) is 6.56. The van der Waals surface area contributed by atoms with E-state index in [1.54, 1.807) is 49.7 Å². The second-order valence-corrected chi connectivity index (χ2v) is 10.2. The van der Waals surface area contributed by atoms with Crippen molar-refractivity contribution in [2.75, 3.05) is 7.05 Å². The highest BCUT2D eigenvalue weighted by Crippen LogP contribution is 2.33. The van der Waals surface area contributed by atoms with Crippen molar-refractivity contribution in [1.82, 2.24) is 25.2 Å². The zero-order valence-electron chi connectivity index (χ0n) is 22.9. The summed E-state index contributed by atoms with van der Waals surface area (Å²) in [5.41, 5.74) is 5.69. The van der Waals surface area contributed by atoms with Gasteiger partial charge in [0.2, 0.25) is 5.91 Å². The van der Waals surface area contributed by atoms with Gasteiger partial charge >= 0.3 is 0 Å². The molecule has 212 valence electrons. The number of nitrogens with one attached hydrogen (secondary N) is 2. The lowest BCUT2D eigenvalue weighted by Gasteiger charge is -2.16. The number of benzene rings is 3. The summed E-state index contributed by atoms with van der Waals surface area (Å²) in [6.07, 6.45) is 6.72. The Balaban J connectivity index is 1.28. The Morgan fingerprint density at radius 3 is 2.62 bits per heavy atom. The topological polar surface area (TPSA) is 98.1 Å². The average molecular weight is 601 g/mol. The van der Waals surface area contributed by atoms with E-state index in [2.05, 4.69) is 20.6 Å². The minimum absolute atomic E-state index is 0.127. The lowest BCUT2D eigenvalue weighted by atomic mass is 10.1. The number of aromatic nitrogens is 3. The van der Waals surface area contributed by atoms with Gasteiger partial charge in [-0.3, -0.25) is 14.6 Å². The van der Waals surface area contributed by atoms with Gasteiger partial charge in [0.15, 0.2) is 0 Å². The summed E-state index contributed by atoms with van der Waals surface area (Å²) in [4.78, 5) is 33.2. The van der Waals surface area contributed by atoms with Gasteiger partial charge in [0, 0.05) is 47.4 Å². The van der Waals surface area contributed by atoms with Crippen LogP contribution in [0, 0.1) is 6.92 Å². The quantitative estimate of drug-likeness (QED) is 0.194. The summed E-state index contributed by atoms with van der Waals surface area (Å²) >= 11 is 13.4. The molecule has 5 rings (SSSR count). The number of carbonyl (C=O) groups excluding carboxylic acids is 2. The van der Waals surface area contributed by atoms with Gasteiger partial charge in [0.25, 0.3) is 5.91 Å². The molecule has 0 radical (unpaired) electrons. The van der Waals surface area contributed by atoms with Crippen molar-refractivity contribution >= 4 is 52.1 Å². The minimum Gasteiger partial charge on any atom is -0.486 e. The third kappa shape index (κ3) is 6.46. The Labute approximate surface area is 253 Å². The van der Waals surface area contributed by atoms with Gasteiger partial charge in [-0.05, 0) is 67.1 Å². The molecule has 0 unspecified atom stereocenters. The number of aryl methyl sites for hydroxylation is 1. The van der Waals surface area contributed by atoms with Crippen LogP contribution in [0.1, 0.15) is 32.9 Å². The lowest BCUT2D eigenvalue weighted by Crippen LogP contribution is -2.21. The third-order valence-corrected chi connectivity index (χ3v) is 7.33. The van der Waals surface area contributed by atoms with E-state index >= 15 is 0 Å². The number of hydrogen-bond donors (Lipinski definition) is 2. The molecule has 8 nitrogen and oxygen atoms in total. The summed E-state index contributed by atoms with van der Waals surface area (Å²) in [5.74, 6) is 0.158. The number of nitrogens with zero attached hydrogens (tertiary/aromatic N) is 3. The molecule has 0 atom stereocenters. The molecule has 0 spiro atoms. The SMILES string of the molecule is CNC(=O)c1ccc(/C=C/C(=O)NCc2cccn2-c2ccc(Cl)c(COc3cccc4ncc(C)nc34)c2Cl)cc1. The van der Waals surface area contributed by atoms with E-state index in [4.69, 9.17) is 27.9 Å². The van der Waals surface area contributed by atoms with E-state index < -0.39 is 0 Å². The molecular weight excluding hydrogens is 573 g/mol. The molecule has 0 bridgehead atoms. The number of para-hydroxylation sites is 1. The maximum Gasteiger partial charge on any atom is 0.251 e. The van der Waals surface area contributed by atoms with Crippen LogP contribution in [0.3, 0.4) is 0 Å². The van der Waals surface area contributed by atoms with Gasteiger partial charge in [-0.2, -0.15) is 0 Å². The molecule has 2 heterocycles. The zero-order valence-corrected chi connectivity index (χ0v) is 24.4. The Bertz CT molecular complexity index is 1800. The summed E-state index contributed by atoms with van der Waals surface area (Å²) in [6.45, 7) is 2.27. The fourth-order valence-corrected chi connectivity index (χ4v) is 4.93. The zero-order chi connectivity index (χ0) is 29.6. The number of amides is 2. The van der Waals surface area contributed by atoms with Gasteiger partial charge in [0.05, 0.1) is 28.5 Å². The highest BCUT2D eigenvalue weighted by Gasteiger charge is 2.16. The number of halogens is 2. The fraction of sp³-hybridized carbons (Fsp3) is 0.125. The molecule has 0 aliphatic carbocycles. The standard InChI is InChI=1S/C32H27Cl2N5O3/c1-20-17-36-26-6-3-7-28(31(26)38-20)42-19-24-25(33)13-14-27(30(24)34)39-16-4-5-23(39)18-37-29(40)15-10-21-8-11-22(12-9-21)32(41)35-2/h3-17H,18-19H2,1-2H3,(H,35,41)(H,37,40)/b15-10+. The first-order valence-corrected chi connectivity index (χ1v) is 13.9. The van der Waals surface area contributed by atoms with Crippen molar-refractivity contribution in [3.8, 4) is 11.4 Å². The van der Waals surface area contributed by atoms with E-state index in [-0.39, 0.29) is 25.0 Å². The molecule has 0 aliphatic rings. The molecule has 10 heteroatoms. The number of hydrogen-bond acceptors (Lipinski definition) is 5. The van der Waals surface area contributed by atoms with Gasteiger partial charge in [-0.25, -0.2) is 4.98 Å². The van der Waals surface area contributed by atoms with Crippen molar-refractivity contribution < 1.29 is 14.3 Å². The molecule has 0 saturated carbocycles. The van der Waals surface area contributed by atoms with Crippen LogP contribution >= 0.6 is 23.2 Å². The second-order valence-electron chi connectivity index (χ2n) is 9.40. The molecule has 5 aromatic rings. The van der Waals surface area contributed by atoms with Crippen LogP contribution in [0.2, 0.25) is 10.0 Å². The Hall–Kier alpha value is -4.66. The minimum atomic E-state index is -0.261. The summed E-state index contributed by atoms with van der Waals surface area (Å²) in [6, 6.07) is 19.9. The summed E-state index contributed by atoms with van der Waals surface area (Å²) < 4.78 is 8.02. The number of carbonyl (C=O) groups is 2. The Morgan fingerprint density at radius 1 is 1.02 bits per heavy atom. The van der Waals surface area contributed by atoms with Crippen LogP contribution in [0.5, 0.6) is 5.75 Å². The number of ether oxygens (including phenoxy) is 1. The van der Waals surface area contributed by atoms with Crippen molar-refractivity contribution in [2.45, 2.75) is 20.1 Å². The van der Waals surface area contributed by atoms with E-state index in [1.807, 2.05) is 54.1 Å². The Morgan fingerprint density at radius 2 is 1.83 bits per heavy atom. The molecule has 2 aromatic heterocycles. The van der Waals surface area contributed by atoms with Crippen LogP contribution in [0.25, 0.3) is 22.8 Å². The maximum absolute atomic E-state index is 12.5. The van der Waals surface area contributed by atoms with Crippen LogP contribution in [0.15, 0.2) is 85.2 Å². The predicted molar refractivity (Wildman–Crippen MR) is 165 cm³/mol. The van der Waals surface area contributed by atoms with Crippen molar-refractivity contribution in [1.29, 1.82) is 0 Å². The smallest absolute Gasteiger partial charge is 0.251 e. The normalized spacial score (nSPS) is 11.1. The molecule has 0 aliphatic heterocycles. The fourth-order valence-electron chi connectivity index (χ4n) is 4.36. The highest BCUT2D eigenvalue weighted by atomic mass is 35.5. The maximum atomic E-state index is 12.5. The molecule has 2 N–H and O–H groups in total. The molecule has 0 fully saturated rings. The van der Waals surface area contributed by atoms with Crippen LogP contribution in [-0.2, 0) is 17.9 Å². The molecule has 3 aromatic carbocycles. The average Bonchev–Trinajstić information content (AvgIpc) is 3.47. The van der Waals surface area contributed by atoms with E-state index in [1.165, 1.54) is 6.08 Å². The second kappa shape index (κ2) is 12.9. The van der Waals surface area contributed by atoms with Gasteiger partial charge in [-0.15, -0.1) is 0 Å². The summed E-state index contributed by atoms with van der Waals surface area (Å²) in [7, 11) is 1.58. The van der Waals surface area contributed by atoms with E-state index in [9.17, 15) is 9.59 Å². The first-order valence-electron chi connectivity index (χ1n) is 13.1. The molecule has 42 heavy (non-hydrogen) atoms. The first kappa shape index (κ1) is 28.9. The largest absolute Gasteiger partial charge is 0.486 e.